The first-order chi connectivity index (χ1) is 8.70. The van der Waals surface area contributed by atoms with E-state index >= 15 is 0 Å². The van der Waals surface area contributed by atoms with Gasteiger partial charge in [-0.05, 0) is 17.9 Å². The quantitative estimate of drug-likeness (QED) is 0.813. The van der Waals surface area contributed by atoms with Gasteiger partial charge in [0.15, 0.2) is 0 Å². The highest BCUT2D eigenvalue weighted by Gasteiger charge is 2.06. The molecule has 2 N–H and O–H groups in total. The van der Waals surface area contributed by atoms with Gasteiger partial charge >= 0.3 is 0 Å². The molecule has 1 atom stereocenters. The topological polar surface area (TPSA) is 45.1 Å². The molecule has 0 spiro atoms. The van der Waals surface area contributed by atoms with Crippen molar-refractivity contribution in [2.24, 2.45) is 0 Å². The van der Waals surface area contributed by atoms with Crippen LogP contribution in [0.5, 0.6) is 0 Å². The molecule has 2 aromatic rings. The molecule has 0 radical (unpaired) electrons. The van der Waals surface area contributed by atoms with Crippen LogP contribution in [0.2, 0.25) is 5.15 Å². The molecule has 1 aromatic carbocycles. The zero-order chi connectivity index (χ0) is 13.0. The van der Waals surface area contributed by atoms with Crippen LogP contribution in [-0.2, 0) is 0 Å². The lowest BCUT2D eigenvalue weighted by Crippen LogP contribution is -2.19. The fraction of sp³-hybridized carbons (Fsp3) is 0.357. The van der Waals surface area contributed by atoms with Crippen molar-refractivity contribution in [1.82, 2.24) is 4.98 Å². The van der Waals surface area contributed by atoms with Crippen LogP contribution in [0.15, 0.2) is 30.3 Å². The summed E-state index contributed by atoms with van der Waals surface area (Å²) in [6.07, 6.45) is 1.41. The highest BCUT2D eigenvalue weighted by Crippen LogP contribution is 2.24. The number of benzene rings is 1. The van der Waals surface area contributed by atoms with Gasteiger partial charge in [0.2, 0.25) is 0 Å². The lowest BCUT2D eigenvalue weighted by atomic mass is 10.2. The minimum absolute atomic E-state index is 0.345. The molecule has 4 heteroatoms. The summed E-state index contributed by atoms with van der Waals surface area (Å²) in [5, 5.41) is 15.3. The smallest absolute Gasteiger partial charge is 0.139 e. The van der Waals surface area contributed by atoms with E-state index in [1.807, 2.05) is 37.3 Å². The molecule has 0 bridgehead atoms. The third-order valence-electron chi connectivity index (χ3n) is 2.83. The van der Waals surface area contributed by atoms with Crippen molar-refractivity contribution in [2.75, 3.05) is 11.9 Å². The van der Waals surface area contributed by atoms with Crippen LogP contribution in [0.1, 0.15) is 19.8 Å². The first-order valence-corrected chi connectivity index (χ1v) is 6.55. The lowest BCUT2D eigenvalue weighted by Gasteiger charge is -2.12. The van der Waals surface area contributed by atoms with E-state index in [1.165, 1.54) is 0 Å². The van der Waals surface area contributed by atoms with Crippen LogP contribution in [0, 0.1) is 0 Å². The predicted octanol–water partition coefficient (Wildman–Crippen LogP) is 3.46. The molecule has 2 rings (SSSR count). The largest absolute Gasteiger partial charge is 0.391 e. The second-order valence-electron chi connectivity index (χ2n) is 4.34. The molecule has 18 heavy (non-hydrogen) atoms. The summed E-state index contributed by atoms with van der Waals surface area (Å²) in [7, 11) is 0. The Morgan fingerprint density at radius 1 is 1.39 bits per heavy atom. The summed E-state index contributed by atoms with van der Waals surface area (Å²) < 4.78 is 0. The van der Waals surface area contributed by atoms with Crippen LogP contribution in [0.3, 0.4) is 0 Å². The minimum atomic E-state index is -0.345. The number of rotatable bonds is 5. The average Bonchev–Trinajstić information content (AvgIpc) is 2.37. The minimum Gasteiger partial charge on any atom is -0.391 e. The molecule has 0 saturated heterocycles. The van der Waals surface area contributed by atoms with E-state index in [4.69, 9.17) is 11.6 Å². The average molecular weight is 265 g/mol. The van der Waals surface area contributed by atoms with Crippen molar-refractivity contribution < 1.29 is 5.11 Å². The molecule has 1 aromatic heterocycles. The summed E-state index contributed by atoms with van der Waals surface area (Å²) in [4.78, 5) is 4.28. The van der Waals surface area contributed by atoms with Gasteiger partial charge in [0.1, 0.15) is 11.0 Å². The highest BCUT2D eigenvalue weighted by molar-refractivity contribution is 6.34. The Balaban J connectivity index is 2.14. The molecular formula is C14H17ClN2O. The molecule has 3 nitrogen and oxygen atoms in total. The monoisotopic (exact) mass is 264 g/mol. The van der Waals surface area contributed by atoms with Gasteiger partial charge in [0.25, 0.3) is 0 Å². The van der Waals surface area contributed by atoms with E-state index in [0.717, 1.165) is 23.6 Å². The van der Waals surface area contributed by atoms with Crippen LogP contribution < -0.4 is 5.32 Å². The SMILES string of the molecule is CCCC(O)CNc1cc2ccccc2c(Cl)n1. The molecule has 0 saturated carbocycles. The maximum absolute atomic E-state index is 9.67. The van der Waals surface area contributed by atoms with Gasteiger partial charge in [-0.3, -0.25) is 0 Å². The fourth-order valence-corrected chi connectivity index (χ4v) is 2.17. The second-order valence-corrected chi connectivity index (χ2v) is 4.70. The first kappa shape index (κ1) is 13.1. The van der Waals surface area contributed by atoms with E-state index < -0.39 is 0 Å². The number of nitrogens with one attached hydrogen (secondary N) is 1. The normalized spacial score (nSPS) is 12.6. The van der Waals surface area contributed by atoms with Gasteiger partial charge in [-0.15, -0.1) is 0 Å². The molecular weight excluding hydrogens is 248 g/mol. The zero-order valence-electron chi connectivity index (χ0n) is 10.4. The van der Waals surface area contributed by atoms with Crippen LogP contribution >= 0.6 is 11.6 Å². The van der Waals surface area contributed by atoms with E-state index in [9.17, 15) is 5.11 Å². The van der Waals surface area contributed by atoms with Crippen molar-refractivity contribution in [2.45, 2.75) is 25.9 Å². The fourth-order valence-electron chi connectivity index (χ4n) is 1.90. The standard InChI is InChI=1S/C14H17ClN2O/c1-2-5-11(18)9-16-13-8-10-6-3-4-7-12(10)14(15)17-13/h3-4,6-8,11,18H,2,5,9H2,1H3,(H,16,17). The third-order valence-corrected chi connectivity index (χ3v) is 3.12. The van der Waals surface area contributed by atoms with Crippen LogP contribution in [0.25, 0.3) is 10.8 Å². The molecule has 96 valence electrons. The Kier molecular flexibility index (Phi) is 4.39. The second kappa shape index (κ2) is 6.03. The molecule has 0 amide bonds. The Morgan fingerprint density at radius 3 is 2.94 bits per heavy atom. The highest BCUT2D eigenvalue weighted by atomic mass is 35.5. The summed E-state index contributed by atoms with van der Waals surface area (Å²) >= 11 is 6.13. The number of halogens is 1. The van der Waals surface area contributed by atoms with Gasteiger partial charge in [-0.2, -0.15) is 0 Å². The van der Waals surface area contributed by atoms with Crippen molar-refractivity contribution in [1.29, 1.82) is 0 Å². The molecule has 0 aliphatic carbocycles. The van der Waals surface area contributed by atoms with Crippen molar-refractivity contribution in [3.8, 4) is 0 Å². The summed E-state index contributed by atoms with van der Waals surface area (Å²) in [5.74, 6) is 0.703. The number of anilines is 1. The van der Waals surface area contributed by atoms with E-state index in [2.05, 4.69) is 10.3 Å². The molecule has 0 aliphatic rings. The number of aromatic nitrogens is 1. The Hall–Kier alpha value is -1.32. The van der Waals surface area contributed by atoms with E-state index in [0.29, 0.717) is 17.5 Å². The predicted molar refractivity (Wildman–Crippen MR) is 76.2 cm³/mol. The zero-order valence-corrected chi connectivity index (χ0v) is 11.1. The summed E-state index contributed by atoms with van der Waals surface area (Å²) in [5.41, 5.74) is 0. The third kappa shape index (κ3) is 3.12. The number of aliphatic hydroxyl groups excluding tert-OH is 1. The van der Waals surface area contributed by atoms with E-state index in [1.54, 1.807) is 0 Å². The van der Waals surface area contributed by atoms with Crippen LogP contribution in [-0.4, -0.2) is 22.7 Å². The maximum atomic E-state index is 9.67. The number of pyridine rings is 1. The number of hydrogen-bond acceptors (Lipinski definition) is 3. The van der Waals surface area contributed by atoms with Gasteiger partial charge in [-0.1, -0.05) is 49.2 Å². The molecule has 1 unspecified atom stereocenters. The Labute approximate surface area is 112 Å². The van der Waals surface area contributed by atoms with E-state index in [-0.39, 0.29) is 6.10 Å². The summed E-state index contributed by atoms with van der Waals surface area (Å²) in [6, 6.07) is 9.79. The summed E-state index contributed by atoms with van der Waals surface area (Å²) in [6.45, 7) is 2.55. The number of fused-ring (bicyclic) bond motifs is 1. The van der Waals surface area contributed by atoms with Crippen molar-refractivity contribution in [3.63, 3.8) is 0 Å². The van der Waals surface area contributed by atoms with Gasteiger partial charge in [0.05, 0.1) is 6.10 Å². The van der Waals surface area contributed by atoms with Crippen LogP contribution in [0.4, 0.5) is 5.82 Å². The van der Waals surface area contributed by atoms with Gasteiger partial charge in [0, 0.05) is 11.9 Å². The van der Waals surface area contributed by atoms with Gasteiger partial charge in [-0.25, -0.2) is 4.98 Å². The maximum Gasteiger partial charge on any atom is 0.139 e. The van der Waals surface area contributed by atoms with Crippen molar-refractivity contribution in [3.05, 3.63) is 35.5 Å². The number of aliphatic hydroxyl groups is 1. The first-order valence-electron chi connectivity index (χ1n) is 6.18. The number of hydrogen-bond donors (Lipinski definition) is 2. The lowest BCUT2D eigenvalue weighted by molar-refractivity contribution is 0.176. The molecule has 1 heterocycles. The number of nitrogens with zero attached hydrogens (tertiary/aromatic N) is 1. The van der Waals surface area contributed by atoms with Gasteiger partial charge < -0.3 is 10.4 Å². The Bertz CT molecular complexity index is 530. The molecule has 0 aliphatic heterocycles. The Morgan fingerprint density at radius 2 is 2.17 bits per heavy atom. The van der Waals surface area contributed by atoms with Crippen molar-refractivity contribution >= 4 is 28.2 Å². The molecule has 0 fully saturated rings.